The Morgan fingerprint density at radius 3 is 0.840 bits per heavy atom. The standard InChI is InChI=1S/C73H70N2/c1-69(2,3)49-23-31-53(32-24-49)74(54-33-25-50(26-34-54)70(4,5)6)57-39-43-59-47(45-57)21-41-63-64-42-22-48-46-58(75(55-35-27-51(28-36-55)71(7,8)9)56-37-29-52(30-38-56)72(10,11)12)40-44-60(48)68(64)73(67(59)63)65-19-15-13-17-61(65)62-18-14-16-20-66(62)73/h13-46H,1-12H3. The minimum Gasteiger partial charge on any atom is -0.310 e. The van der Waals surface area contributed by atoms with Crippen molar-refractivity contribution in [1.29, 1.82) is 0 Å². The largest absolute Gasteiger partial charge is 0.310 e. The lowest BCUT2D eigenvalue weighted by molar-refractivity contribution is 0.590. The van der Waals surface area contributed by atoms with Gasteiger partial charge in [0.1, 0.15) is 0 Å². The van der Waals surface area contributed by atoms with Gasteiger partial charge in [-0.25, -0.2) is 0 Å². The van der Waals surface area contributed by atoms with Gasteiger partial charge in [-0.1, -0.05) is 217 Å². The first kappa shape index (κ1) is 48.3. The Morgan fingerprint density at radius 2 is 0.547 bits per heavy atom. The molecule has 2 nitrogen and oxygen atoms in total. The van der Waals surface area contributed by atoms with E-state index in [9.17, 15) is 0 Å². The van der Waals surface area contributed by atoms with E-state index in [-0.39, 0.29) is 21.7 Å². The Balaban J connectivity index is 1.06. The van der Waals surface area contributed by atoms with E-state index >= 15 is 0 Å². The molecule has 2 aliphatic rings. The van der Waals surface area contributed by atoms with Crippen LogP contribution in [-0.2, 0) is 27.1 Å². The van der Waals surface area contributed by atoms with Crippen molar-refractivity contribution in [2.45, 2.75) is 110 Å². The van der Waals surface area contributed by atoms with Crippen molar-refractivity contribution in [3.05, 3.63) is 251 Å². The van der Waals surface area contributed by atoms with E-state index in [0.717, 1.165) is 34.1 Å². The van der Waals surface area contributed by atoms with Gasteiger partial charge < -0.3 is 9.80 Å². The van der Waals surface area contributed by atoms with Crippen LogP contribution in [0.25, 0.3) is 43.8 Å². The third kappa shape index (κ3) is 7.90. The molecule has 0 atom stereocenters. The molecule has 0 saturated heterocycles. The first-order chi connectivity index (χ1) is 35.7. The second-order valence-corrected chi connectivity index (χ2v) is 25.5. The van der Waals surface area contributed by atoms with E-state index in [4.69, 9.17) is 0 Å². The van der Waals surface area contributed by atoms with E-state index in [1.807, 2.05) is 0 Å². The molecule has 0 N–H and O–H groups in total. The zero-order chi connectivity index (χ0) is 52.4. The molecule has 0 bridgehead atoms. The van der Waals surface area contributed by atoms with Gasteiger partial charge in [0.2, 0.25) is 0 Å². The zero-order valence-corrected chi connectivity index (χ0v) is 46.0. The molecule has 0 saturated carbocycles. The monoisotopic (exact) mass is 975 g/mol. The van der Waals surface area contributed by atoms with E-state index in [0.29, 0.717) is 0 Å². The van der Waals surface area contributed by atoms with Gasteiger partial charge in [-0.3, -0.25) is 0 Å². The lowest BCUT2D eigenvalue weighted by Crippen LogP contribution is -2.26. The maximum absolute atomic E-state index is 2.43. The van der Waals surface area contributed by atoms with Gasteiger partial charge in [0.25, 0.3) is 0 Å². The Morgan fingerprint density at radius 1 is 0.267 bits per heavy atom. The van der Waals surface area contributed by atoms with Crippen LogP contribution in [0.4, 0.5) is 34.1 Å². The van der Waals surface area contributed by atoms with Gasteiger partial charge in [-0.15, -0.1) is 0 Å². The highest BCUT2D eigenvalue weighted by molar-refractivity contribution is 6.10. The molecule has 2 aliphatic carbocycles. The molecule has 12 rings (SSSR count). The zero-order valence-electron chi connectivity index (χ0n) is 46.0. The number of rotatable bonds is 6. The van der Waals surface area contributed by atoms with Crippen LogP contribution in [0.5, 0.6) is 0 Å². The van der Waals surface area contributed by atoms with Crippen molar-refractivity contribution in [2.24, 2.45) is 0 Å². The van der Waals surface area contributed by atoms with Gasteiger partial charge in [0, 0.05) is 34.1 Å². The van der Waals surface area contributed by atoms with Gasteiger partial charge in [0.05, 0.1) is 5.41 Å². The fraction of sp³-hybridized carbons (Fsp3) is 0.233. The van der Waals surface area contributed by atoms with E-state index in [1.54, 1.807) is 0 Å². The SMILES string of the molecule is CC(C)(C)c1ccc(N(c2ccc(C(C)(C)C)cc2)c2ccc3c4c(ccc3c2)-c2ccc3cc(N(c5ccc(C(C)(C)C)cc5)c5ccc(C(C)(C)C)cc5)ccc3c2C42c3ccccc3-c3ccccc32)cc1. The van der Waals surface area contributed by atoms with Crippen molar-refractivity contribution in [3.63, 3.8) is 0 Å². The van der Waals surface area contributed by atoms with Gasteiger partial charge in [0.15, 0.2) is 0 Å². The highest BCUT2D eigenvalue weighted by atomic mass is 15.1. The molecule has 10 aromatic carbocycles. The van der Waals surface area contributed by atoms with E-state index in [1.165, 1.54) is 88.3 Å². The quantitative estimate of drug-likeness (QED) is 0.164. The lowest BCUT2D eigenvalue weighted by Gasteiger charge is -2.33. The summed E-state index contributed by atoms with van der Waals surface area (Å²) in [5.41, 5.74) is 22.4. The third-order valence-electron chi connectivity index (χ3n) is 16.5. The first-order valence-electron chi connectivity index (χ1n) is 27.1. The third-order valence-corrected chi connectivity index (χ3v) is 16.5. The predicted molar refractivity (Wildman–Crippen MR) is 322 cm³/mol. The van der Waals surface area contributed by atoms with Crippen LogP contribution < -0.4 is 9.80 Å². The Kier molecular flexibility index (Phi) is 11.1. The van der Waals surface area contributed by atoms with Crippen molar-refractivity contribution in [2.75, 3.05) is 9.80 Å². The molecule has 0 fully saturated rings. The number of fused-ring (bicyclic) bond motifs is 14. The molecule has 75 heavy (non-hydrogen) atoms. The summed E-state index contributed by atoms with van der Waals surface area (Å²) in [7, 11) is 0. The highest BCUT2D eigenvalue weighted by Gasteiger charge is 2.53. The predicted octanol–water partition coefficient (Wildman–Crippen LogP) is 20.5. The molecule has 0 aliphatic heterocycles. The first-order valence-corrected chi connectivity index (χ1v) is 27.1. The summed E-state index contributed by atoms with van der Waals surface area (Å²) in [6.07, 6.45) is 0. The van der Waals surface area contributed by atoms with Gasteiger partial charge >= 0.3 is 0 Å². The average molecular weight is 975 g/mol. The Hall–Kier alpha value is -7.68. The summed E-state index contributed by atoms with van der Waals surface area (Å²) in [6.45, 7) is 27.4. The second-order valence-electron chi connectivity index (χ2n) is 25.5. The maximum atomic E-state index is 2.43. The molecular weight excluding hydrogens is 905 g/mol. The Labute approximate surface area is 446 Å². The van der Waals surface area contributed by atoms with E-state index in [2.05, 4.69) is 299 Å². The van der Waals surface area contributed by atoms with Gasteiger partial charge in [-0.05, 0) is 183 Å². The molecule has 0 radical (unpaired) electrons. The van der Waals surface area contributed by atoms with Crippen molar-refractivity contribution >= 4 is 55.7 Å². The van der Waals surface area contributed by atoms with Crippen LogP contribution in [-0.4, -0.2) is 0 Å². The lowest BCUT2D eigenvalue weighted by atomic mass is 9.68. The topological polar surface area (TPSA) is 6.48 Å². The van der Waals surface area contributed by atoms with Crippen LogP contribution in [0.15, 0.2) is 206 Å². The summed E-state index contributed by atoms with van der Waals surface area (Å²) in [5.74, 6) is 0. The van der Waals surface area contributed by atoms with Crippen LogP contribution in [0, 0.1) is 0 Å². The molecule has 2 heteroatoms. The molecule has 10 aromatic rings. The Bertz CT molecular complexity index is 3460. The van der Waals surface area contributed by atoms with Crippen molar-refractivity contribution in [3.8, 4) is 22.3 Å². The normalized spacial score (nSPS) is 13.7. The van der Waals surface area contributed by atoms with Crippen molar-refractivity contribution < 1.29 is 0 Å². The van der Waals surface area contributed by atoms with E-state index < -0.39 is 5.41 Å². The summed E-state index contributed by atoms with van der Waals surface area (Å²) in [4.78, 5) is 4.87. The van der Waals surface area contributed by atoms with Crippen LogP contribution in [0.3, 0.4) is 0 Å². The van der Waals surface area contributed by atoms with Crippen LogP contribution in [0.1, 0.15) is 128 Å². The van der Waals surface area contributed by atoms with Crippen LogP contribution >= 0.6 is 0 Å². The summed E-state index contributed by atoms with van der Waals surface area (Å²) >= 11 is 0. The summed E-state index contributed by atoms with van der Waals surface area (Å²) in [6, 6.07) is 79.2. The molecule has 0 amide bonds. The average Bonchev–Trinajstić information content (AvgIpc) is 3.87. The van der Waals surface area contributed by atoms with Gasteiger partial charge in [-0.2, -0.15) is 0 Å². The minimum atomic E-state index is -0.559. The number of anilines is 6. The second kappa shape index (κ2) is 17.2. The highest BCUT2D eigenvalue weighted by Crippen LogP contribution is 2.65. The number of hydrogen-bond acceptors (Lipinski definition) is 2. The molecule has 0 heterocycles. The maximum Gasteiger partial charge on any atom is 0.0737 e. The molecule has 1 spiro atoms. The molecule has 0 unspecified atom stereocenters. The number of benzene rings is 10. The fourth-order valence-electron chi connectivity index (χ4n) is 12.4. The van der Waals surface area contributed by atoms with Crippen molar-refractivity contribution in [1.82, 2.24) is 0 Å². The fourth-order valence-corrected chi connectivity index (χ4v) is 12.4. The molecule has 372 valence electrons. The molecular formula is C73H70N2. The number of hydrogen-bond donors (Lipinski definition) is 0. The summed E-state index contributed by atoms with van der Waals surface area (Å²) < 4.78 is 0. The summed E-state index contributed by atoms with van der Waals surface area (Å²) in [5, 5.41) is 5.00. The molecule has 0 aromatic heterocycles. The number of nitrogens with zero attached hydrogens (tertiary/aromatic N) is 2. The minimum absolute atomic E-state index is 0.0534. The smallest absolute Gasteiger partial charge is 0.0737 e. The van der Waals surface area contributed by atoms with Crippen LogP contribution in [0.2, 0.25) is 0 Å².